The number of nitrogens with one attached hydrogen (secondary N) is 3. The molecule has 3 rings (SSSR count). The predicted molar refractivity (Wildman–Crippen MR) is 84.6 cm³/mol. The number of fused-ring (bicyclic) bond motifs is 1. The lowest BCUT2D eigenvalue weighted by Crippen LogP contribution is -2.66. The minimum absolute atomic E-state index is 0.00524. The number of ketones is 1. The SMILES string of the molecule is CNC(=O)NC1C(=O)c2cc(C(=O)O)ccc2OC12CCNCC2. The molecular weight excluding hydrogens is 314 g/mol. The molecule has 2 aliphatic rings. The molecule has 0 saturated carbocycles. The van der Waals surface area contributed by atoms with Gasteiger partial charge in [0.05, 0.1) is 11.1 Å². The summed E-state index contributed by atoms with van der Waals surface area (Å²) in [5, 5.41) is 17.4. The molecule has 1 aromatic rings. The lowest BCUT2D eigenvalue weighted by Gasteiger charge is -2.46. The van der Waals surface area contributed by atoms with Crippen LogP contribution in [0.3, 0.4) is 0 Å². The van der Waals surface area contributed by atoms with Crippen LogP contribution in [0, 0.1) is 0 Å². The summed E-state index contributed by atoms with van der Waals surface area (Å²) in [5.41, 5.74) is -0.641. The predicted octanol–water partition coefficient (Wildman–Crippen LogP) is 0.380. The van der Waals surface area contributed by atoms with Gasteiger partial charge in [0.25, 0.3) is 0 Å². The summed E-state index contributed by atoms with van der Waals surface area (Å²) < 4.78 is 6.13. The van der Waals surface area contributed by atoms with Crippen molar-refractivity contribution in [3.63, 3.8) is 0 Å². The van der Waals surface area contributed by atoms with Crippen molar-refractivity contribution in [3.05, 3.63) is 29.3 Å². The number of hydrogen-bond acceptors (Lipinski definition) is 5. The third-order valence-corrected chi connectivity index (χ3v) is 4.55. The zero-order valence-corrected chi connectivity index (χ0v) is 13.2. The lowest BCUT2D eigenvalue weighted by molar-refractivity contribution is -0.00218. The molecule has 0 aromatic heterocycles. The molecule has 8 nitrogen and oxygen atoms in total. The molecule has 128 valence electrons. The largest absolute Gasteiger partial charge is 0.484 e. The Morgan fingerprint density at radius 3 is 2.67 bits per heavy atom. The number of ether oxygens (including phenoxy) is 1. The van der Waals surface area contributed by atoms with Crippen molar-refractivity contribution in [2.75, 3.05) is 20.1 Å². The number of carboxylic acids is 1. The van der Waals surface area contributed by atoms with E-state index in [9.17, 15) is 14.4 Å². The summed E-state index contributed by atoms with van der Waals surface area (Å²) in [5.74, 6) is -1.09. The summed E-state index contributed by atoms with van der Waals surface area (Å²) in [6.45, 7) is 1.34. The highest BCUT2D eigenvalue weighted by Gasteiger charge is 2.51. The first-order chi connectivity index (χ1) is 11.5. The summed E-state index contributed by atoms with van der Waals surface area (Å²) >= 11 is 0. The average molecular weight is 333 g/mol. The molecule has 0 bridgehead atoms. The third kappa shape index (κ3) is 2.69. The number of rotatable bonds is 2. The van der Waals surface area contributed by atoms with Crippen LogP contribution in [0.2, 0.25) is 0 Å². The second kappa shape index (κ2) is 6.12. The van der Waals surface area contributed by atoms with E-state index in [2.05, 4.69) is 16.0 Å². The highest BCUT2D eigenvalue weighted by Crippen LogP contribution is 2.38. The fourth-order valence-electron chi connectivity index (χ4n) is 3.26. The van der Waals surface area contributed by atoms with Gasteiger partial charge >= 0.3 is 12.0 Å². The van der Waals surface area contributed by atoms with Crippen LogP contribution in [-0.4, -0.2) is 54.7 Å². The number of amides is 2. The van der Waals surface area contributed by atoms with E-state index in [-0.39, 0.29) is 16.9 Å². The summed E-state index contributed by atoms with van der Waals surface area (Å²) in [6.07, 6.45) is 1.13. The Labute approximate surface area is 138 Å². The van der Waals surface area contributed by atoms with Gasteiger partial charge in [0.1, 0.15) is 17.4 Å². The van der Waals surface area contributed by atoms with E-state index in [4.69, 9.17) is 9.84 Å². The number of urea groups is 1. The van der Waals surface area contributed by atoms with Crippen LogP contribution < -0.4 is 20.7 Å². The maximum absolute atomic E-state index is 13.0. The van der Waals surface area contributed by atoms with Crippen LogP contribution in [0.5, 0.6) is 5.75 Å². The molecule has 4 N–H and O–H groups in total. The highest BCUT2D eigenvalue weighted by molar-refractivity contribution is 6.07. The maximum atomic E-state index is 13.0. The first kappa shape index (κ1) is 16.3. The van der Waals surface area contributed by atoms with Crippen LogP contribution in [0.15, 0.2) is 18.2 Å². The summed E-state index contributed by atoms with van der Waals surface area (Å²) in [6, 6.07) is 2.88. The van der Waals surface area contributed by atoms with E-state index >= 15 is 0 Å². The summed E-state index contributed by atoms with van der Waals surface area (Å²) in [4.78, 5) is 35.9. The van der Waals surface area contributed by atoms with Gasteiger partial charge in [-0.1, -0.05) is 0 Å². The number of piperidine rings is 1. The zero-order chi connectivity index (χ0) is 17.3. The zero-order valence-electron chi connectivity index (χ0n) is 13.2. The number of carbonyl (C=O) groups is 3. The van der Waals surface area contributed by atoms with Gasteiger partial charge in [-0.2, -0.15) is 0 Å². The molecule has 1 unspecified atom stereocenters. The Balaban J connectivity index is 2.04. The fraction of sp³-hybridized carbons (Fsp3) is 0.438. The van der Waals surface area contributed by atoms with E-state index in [1.54, 1.807) is 0 Å². The molecule has 2 amide bonds. The van der Waals surface area contributed by atoms with E-state index in [1.807, 2.05) is 0 Å². The monoisotopic (exact) mass is 333 g/mol. The van der Waals surface area contributed by atoms with Gasteiger partial charge in [-0.05, 0) is 31.3 Å². The van der Waals surface area contributed by atoms with Crippen molar-refractivity contribution in [3.8, 4) is 5.75 Å². The Morgan fingerprint density at radius 2 is 2.04 bits per heavy atom. The summed E-state index contributed by atoms with van der Waals surface area (Å²) in [7, 11) is 1.47. The Hall–Kier alpha value is -2.61. The van der Waals surface area contributed by atoms with Gasteiger partial charge in [0.15, 0.2) is 5.78 Å². The topological polar surface area (TPSA) is 117 Å². The number of benzene rings is 1. The average Bonchev–Trinajstić information content (AvgIpc) is 2.59. The Bertz CT molecular complexity index is 697. The van der Waals surface area contributed by atoms with Crippen molar-refractivity contribution in [2.24, 2.45) is 0 Å². The van der Waals surface area contributed by atoms with Crippen LogP contribution >= 0.6 is 0 Å². The normalized spacial score (nSPS) is 21.5. The second-order valence-electron chi connectivity index (χ2n) is 5.95. The number of carbonyl (C=O) groups excluding carboxylic acids is 2. The van der Waals surface area contributed by atoms with Gasteiger partial charge < -0.3 is 25.8 Å². The lowest BCUT2D eigenvalue weighted by atomic mass is 9.78. The smallest absolute Gasteiger partial charge is 0.335 e. The van der Waals surface area contributed by atoms with Gasteiger partial charge in [-0.3, -0.25) is 4.79 Å². The molecule has 2 heterocycles. The van der Waals surface area contributed by atoms with Crippen LogP contribution in [0.4, 0.5) is 4.79 Å². The van der Waals surface area contributed by atoms with E-state index < -0.39 is 23.6 Å². The van der Waals surface area contributed by atoms with Crippen molar-refractivity contribution in [1.82, 2.24) is 16.0 Å². The molecule has 0 radical (unpaired) electrons. The van der Waals surface area contributed by atoms with E-state index in [0.29, 0.717) is 31.7 Å². The van der Waals surface area contributed by atoms with Gasteiger partial charge in [-0.15, -0.1) is 0 Å². The van der Waals surface area contributed by atoms with E-state index in [1.165, 1.54) is 25.2 Å². The minimum Gasteiger partial charge on any atom is -0.484 e. The third-order valence-electron chi connectivity index (χ3n) is 4.55. The molecule has 1 fully saturated rings. The molecule has 2 aliphatic heterocycles. The van der Waals surface area contributed by atoms with Gasteiger partial charge in [0, 0.05) is 19.9 Å². The maximum Gasteiger partial charge on any atom is 0.335 e. The number of Topliss-reactive ketones (excluding diaryl/α,β-unsaturated/α-hetero) is 1. The van der Waals surface area contributed by atoms with Gasteiger partial charge in [0.2, 0.25) is 0 Å². The number of hydrogen-bond donors (Lipinski definition) is 4. The number of carboxylic acid groups (broad SMARTS) is 1. The van der Waals surface area contributed by atoms with Crippen LogP contribution in [0.1, 0.15) is 33.6 Å². The molecular formula is C16H19N3O5. The van der Waals surface area contributed by atoms with Crippen molar-refractivity contribution < 1.29 is 24.2 Å². The Morgan fingerprint density at radius 1 is 1.33 bits per heavy atom. The highest BCUT2D eigenvalue weighted by atomic mass is 16.5. The first-order valence-electron chi connectivity index (χ1n) is 7.76. The van der Waals surface area contributed by atoms with Crippen molar-refractivity contribution >= 4 is 17.8 Å². The van der Waals surface area contributed by atoms with Crippen LogP contribution in [0.25, 0.3) is 0 Å². The molecule has 1 saturated heterocycles. The molecule has 8 heteroatoms. The molecule has 1 spiro atoms. The molecule has 1 atom stereocenters. The molecule has 1 aromatic carbocycles. The quantitative estimate of drug-likeness (QED) is 0.622. The first-order valence-corrected chi connectivity index (χ1v) is 7.76. The number of aromatic carboxylic acids is 1. The van der Waals surface area contributed by atoms with Crippen LogP contribution in [-0.2, 0) is 0 Å². The van der Waals surface area contributed by atoms with Crippen molar-refractivity contribution in [1.29, 1.82) is 0 Å². The Kier molecular flexibility index (Phi) is 4.15. The minimum atomic E-state index is -1.12. The fourth-order valence-corrected chi connectivity index (χ4v) is 3.26. The standard InChI is InChI=1S/C16H19N3O5/c1-17-15(23)19-13-12(20)10-8-9(14(21)22)2-3-11(10)24-16(13)4-6-18-7-5-16/h2-3,8,13,18H,4-7H2,1H3,(H,21,22)(H2,17,19,23). The van der Waals surface area contributed by atoms with Crippen molar-refractivity contribution in [2.45, 2.75) is 24.5 Å². The molecule has 0 aliphatic carbocycles. The molecule has 24 heavy (non-hydrogen) atoms. The van der Waals surface area contributed by atoms with Gasteiger partial charge in [-0.25, -0.2) is 9.59 Å². The van der Waals surface area contributed by atoms with E-state index in [0.717, 1.165) is 0 Å². The second-order valence-corrected chi connectivity index (χ2v) is 5.95.